The Morgan fingerprint density at radius 1 is 1.08 bits per heavy atom. The van der Waals surface area contributed by atoms with Gasteiger partial charge in [-0.25, -0.2) is 9.97 Å². The second-order valence-electron chi connectivity index (χ2n) is 5.75. The summed E-state index contributed by atoms with van der Waals surface area (Å²) in [4.78, 5) is 19.5. The van der Waals surface area contributed by atoms with Gasteiger partial charge >= 0.3 is 0 Å². The number of aromatic nitrogens is 4. The van der Waals surface area contributed by atoms with E-state index in [1.807, 2.05) is 18.2 Å². The molecule has 8 heteroatoms. The Morgan fingerprint density at radius 3 is 2.69 bits per heavy atom. The highest BCUT2D eigenvalue weighted by Crippen LogP contribution is 2.27. The molecule has 0 aliphatic carbocycles. The average molecular weight is 350 g/mol. The summed E-state index contributed by atoms with van der Waals surface area (Å²) < 4.78 is 11.3. The number of pyridine rings is 2. The third kappa shape index (κ3) is 3.70. The molecule has 3 aromatic rings. The molecule has 0 bridgehead atoms. The predicted molar refractivity (Wildman–Crippen MR) is 97.0 cm³/mol. The van der Waals surface area contributed by atoms with Crippen molar-refractivity contribution in [2.24, 2.45) is 0 Å². The Labute approximate surface area is 150 Å². The van der Waals surface area contributed by atoms with Gasteiger partial charge in [0.05, 0.1) is 25.1 Å². The van der Waals surface area contributed by atoms with E-state index in [-0.39, 0.29) is 0 Å². The number of anilines is 2. The lowest BCUT2D eigenvalue weighted by molar-refractivity contribution is 0.122. The van der Waals surface area contributed by atoms with E-state index in [0.717, 1.165) is 18.7 Å². The van der Waals surface area contributed by atoms with Gasteiger partial charge in [-0.2, -0.15) is 4.98 Å². The molecule has 0 atom stereocenters. The van der Waals surface area contributed by atoms with E-state index in [1.165, 1.54) is 0 Å². The van der Waals surface area contributed by atoms with Crippen molar-refractivity contribution < 1.29 is 9.47 Å². The van der Waals surface area contributed by atoms with Gasteiger partial charge in [0.25, 0.3) is 0 Å². The second-order valence-corrected chi connectivity index (χ2v) is 5.75. The van der Waals surface area contributed by atoms with Crippen molar-refractivity contribution in [1.29, 1.82) is 0 Å². The molecule has 4 heterocycles. The van der Waals surface area contributed by atoms with Gasteiger partial charge in [0.2, 0.25) is 11.8 Å². The molecule has 0 aromatic carbocycles. The van der Waals surface area contributed by atoms with Crippen LogP contribution < -0.4 is 15.4 Å². The Hall–Kier alpha value is -3.26. The summed E-state index contributed by atoms with van der Waals surface area (Å²) in [6, 6.07) is 9.04. The largest absolute Gasteiger partial charge is 0.437 e. The predicted octanol–water partition coefficient (Wildman–Crippen LogP) is 2.14. The zero-order chi connectivity index (χ0) is 17.8. The number of morpholine rings is 1. The highest BCUT2D eigenvalue weighted by atomic mass is 16.5. The third-order valence-electron chi connectivity index (χ3n) is 3.92. The van der Waals surface area contributed by atoms with Crippen molar-refractivity contribution in [3.05, 3.63) is 48.9 Å². The van der Waals surface area contributed by atoms with E-state index >= 15 is 0 Å². The maximum atomic E-state index is 5.88. The van der Waals surface area contributed by atoms with E-state index in [2.05, 4.69) is 24.8 Å². The first-order valence-electron chi connectivity index (χ1n) is 8.29. The van der Waals surface area contributed by atoms with Gasteiger partial charge in [-0.3, -0.25) is 4.98 Å². The Morgan fingerprint density at radius 2 is 1.96 bits per heavy atom. The summed E-state index contributed by atoms with van der Waals surface area (Å²) in [6.45, 7) is 2.76. The van der Waals surface area contributed by atoms with E-state index in [9.17, 15) is 0 Å². The Balaban J connectivity index is 1.72. The molecule has 132 valence electrons. The van der Waals surface area contributed by atoms with Crippen LogP contribution in [0.15, 0.2) is 48.9 Å². The number of nitrogens with two attached hydrogens (primary N) is 1. The SMILES string of the molecule is Nc1ccc(-c2cc(Oc3cccnc3)nc(N3CCOCC3)n2)cn1. The molecule has 1 fully saturated rings. The van der Waals surface area contributed by atoms with Crippen LogP contribution in [0.1, 0.15) is 0 Å². The molecule has 8 nitrogen and oxygen atoms in total. The number of nitrogens with zero attached hydrogens (tertiary/aromatic N) is 5. The molecular weight excluding hydrogens is 332 g/mol. The molecule has 0 radical (unpaired) electrons. The van der Waals surface area contributed by atoms with Crippen LogP contribution in [0, 0.1) is 0 Å². The maximum Gasteiger partial charge on any atom is 0.229 e. The van der Waals surface area contributed by atoms with Crippen molar-refractivity contribution in [2.75, 3.05) is 36.9 Å². The minimum Gasteiger partial charge on any atom is -0.437 e. The van der Waals surface area contributed by atoms with Crippen LogP contribution >= 0.6 is 0 Å². The van der Waals surface area contributed by atoms with Gasteiger partial charge in [-0.05, 0) is 24.3 Å². The van der Waals surface area contributed by atoms with Gasteiger partial charge in [-0.1, -0.05) is 0 Å². The Kier molecular flexibility index (Phi) is 4.57. The quantitative estimate of drug-likeness (QED) is 0.764. The number of nitrogen functional groups attached to an aromatic ring is 1. The van der Waals surface area contributed by atoms with Crippen LogP contribution in [0.25, 0.3) is 11.3 Å². The first-order valence-corrected chi connectivity index (χ1v) is 8.29. The zero-order valence-corrected chi connectivity index (χ0v) is 14.1. The summed E-state index contributed by atoms with van der Waals surface area (Å²) in [5.74, 6) is 2.12. The normalized spacial score (nSPS) is 14.2. The number of rotatable bonds is 4. The number of ether oxygens (including phenoxy) is 2. The van der Waals surface area contributed by atoms with Crippen molar-refractivity contribution in [3.8, 4) is 22.9 Å². The van der Waals surface area contributed by atoms with Crippen molar-refractivity contribution >= 4 is 11.8 Å². The third-order valence-corrected chi connectivity index (χ3v) is 3.92. The summed E-state index contributed by atoms with van der Waals surface area (Å²) in [5.41, 5.74) is 7.24. The van der Waals surface area contributed by atoms with Crippen molar-refractivity contribution in [1.82, 2.24) is 19.9 Å². The maximum absolute atomic E-state index is 5.88. The number of hydrogen-bond acceptors (Lipinski definition) is 8. The summed E-state index contributed by atoms with van der Waals surface area (Å²) >= 11 is 0. The molecule has 1 saturated heterocycles. The first-order chi connectivity index (χ1) is 12.8. The lowest BCUT2D eigenvalue weighted by Gasteiger charge is -2.27. The second kappa shape index (κ2) is 7.32. The molecular formula is C18H18N6O2. The molecule has 26 heavy (non-hydrogen) atoms. The highest BCUT2D eigenvalue weighted by molar-refractivity contribution is 5.62. The fourth-order valence-electron chi connectivity index (χ4n) is 2.60. The molecule has 3 aromatic heterocycles. The molecule has 2 N–H and O–H groups in total. The van der Waals surface area contributed by atoms with Crippen LogP contribution in [-0.4, -0.2) is 46.2 Å². The zero-order valence-electron chi connectivity index (χ0n) is 14.1. The van der Waals surface area contributed by atoms with Crippen LogP contribution in [-0.2, 0) is 4.74 Å². The van der Waals surface area contributed by atoms with E-state index in [4.69, 9.17) is 15.2 Å². The van der Waals surface area contributed by atoms with Crippen LogP contribution in [0.2, 0.25) is 0 Å². The van der Waals surface area contributed by atoms with Gasteiger partial charge in [0, 0.05) is 37.1 Å². The minimum absolute atomic E-state index is 0.446. The van der Waals surface area contributed by atoms with Gasteiger partial charge in [0.1, 0.15) is 11.6 Å². The fourth-order valence-corrected chi connectivity index (χ4v) is 2.60. The monoisotopic (exact) mass is 350 g/mol. The van der Waals surface area contributed by atoms with Crippen LogP contribution in [0.4, 0.5) is 11.8 Å². The van der Waals surface area contributed by atoms with Gasteiger partial charge < -0.3 is 20.1 Å². The molecule has 0 unspecified atom stereocenters. The topological polar surface area (TPSA) is 99.3 Å². The van der Waals surface area contributed by atoms with Gasteiger partial charge in [-0.15, -0.1) is 0 Å². The Bertz CT molecular complexity index is 867. The first kappa shape index (κ1) is 16.2. The molecule has 1 aliphatic rings. The summed E-state index contributed by atoms with van der Waals surface area (Å²) in [7, 11) is 0. The molecule has 4 rings (SSSR count). The highest BCUT2D eigenvalue weighted by Gasteiger charge is 2.17. The van der Waals surface area contributed by atoms with Crippen LogP contribution in [0.3, 0.4) is 0 Å². The smallest absolute Gasteiger partial charge is 0.229 e. The molecule has 1 aliphatic heterocycles. The van der Waals surface area contributed by atoms with E-state index in [0.29, 0.717) is 42.3 Å². The standard InChI is InChI=1S/C18H18N6O2/c19-16-4-3-13(11-21-16)15-10-17(26-14-2-1-5-20-12-14)23-18(22-15)24-6-8-25-9-7-24/h1-5,10-12H,6-9H2,(H2,19,21). The van der Waals surface area contributed by atoms with Crippen LogP contribution in [0.5, 0.6) is 11.6 Å². The van der Waals surface area contributed by atoms with Crippen molar-refractivity contribution in [3.63, 3.8) is 0 Å². The average Bonchev–Trinajstić information content (AvgIpc) is 2.70. The van der Waals surface area contributed by atoms with E-state index in [1.54, 1.807) is 30.7 Å². The molecule has 0 spiro atoms. The van der Waals surface area contributed by atoms with Crippen molar-refractivity contribution in [2.45, 2.75) is 0 Å². The lowest BCUT2D eigenvalue weighted by Crippen LogP contribution is -2.37. The summed E-state index contributed by atoms with van der Waals surface area (Å²) in [6.07, 6.45) is 5.02. The van der Waals surface area contributed by atoms with E-state index < -0.39 is 0 Å². The molecule has 0 saturated carbocycles. The molecule has 0 amide bonds. The van der Waals surface area contributed by atoms with Gasteiger partial charge in [0.15, 0.2) is 0 Å². The fraction of sp³-hybridized carbons (Fsp3) is 0.222. The number of hydrogen-bond donors (Lipinski definition) is 1. The minimum atomic E-state index is 0.446. The summed E-state index contributed by atoms with van der Waals surface area (Å²) in [5, 5.41) is 0. The lowest BCUT2D eigenvalue weighted by atomic mass is 10.2.